The van der Waals surface area contributed by atoms with Crippen LogP contribution in [-0.4, -0.2) is 146 Å². The van der Waals surface area contributed by atoms with Gasteiger partial charge in [-0.2, -0.15) is 0 Å². The fraction of sp³-hybridized carbons (Fsp3) is 0.648. The first-order valence-corrected chi connectivity index (χ1v) is 42.0. The number of aromatic nitrogens is 7. The van der Waals surface area contributed by atoms with E-state index in [0.717, 1.165) is 5.56 Å². The van der Waals surface area contributed by atoms with Gasteiger partial charge < -0.3 is 50.6 Å². The van der Waals surface area contributed by atoms with Gasteiger partial charge in [-0.3, -0.25) is 32.7 Å². The molecule has 5 aromatic rings. The third-order valence-corrected chi connectivity index (χ3v) is 34.9. The van der Waals surface area contributed by atoms with E-state index in [1.807, 2.05) is 29.0 Å². The molecule has 3 fully saturated rings. The highest BCUT2D eigenvalue weighted by atomic mass is 32.5. The number of benzene rings is 1. The van der Waals surface area contributed by atoms with Crippen molar-refractivity contribution in [3.05, 3.63) is 88.4 Å². The van der Waals surface area contributed by atoms with Crippen molar-refractivity contribution >= 4 is 95.9 Å². The maximum absolute atomic E-state index is 14.2. The Balaban J connectivity index is 1.12. The lowest BCUT2D eigenvalue weighted by Crippen LogP contribution is -2.50. The predicted molar refractivity (Wildman–Crippen MR) is 331 cm³/mol. The summed E-state index contributed by atoms with van der Waals surface area (Å²) in [5.41, 5.74) is 1.81. The van der Waals surface area contributed by atoms with Crippen LogP contribution in [0.15, 0.2) is 60.3 Å². The number of anilines is 1. The van der Waals surface area contributed by atoms with E-state index in [1.54, 1.807) is 21.6 Å². The molecule has 8 heterocycles. The molecule has 2 bridgehead atoms. The Hall–Kier alpha value is -3.34. The normalized spacial score (nSPS) is 27.9. The molecular formula is C54H81N9O13P2S2Si3. The van der Waals surface area contributed by atoms with Crippen molar-refractivity contribution in [3.63, 3.8) is 0 Å². The van der Waals surface area contributed by atoms with E-state index in [1.165, 1.54) is 23.5 Å². The van der Waals surface area contributed by atoms with E-state index in [4.69, 9.17) is 90.5 Å². The maximum Gasteiger partial charge on any atom is 0.328 e. The zero-order valence-electron chi connectivity index (χ0n) is 50.3. The second kappa shape index (κ2) is 24.0. The number of hydrogen-bond acceptors (Lipinski definition) is 18. The van der Waals surface area contributed by atoms with Crippen LogP contribution >= 0.6 is 13.4 Å². The van der Waals surface area contributed by atoms with Crippen molar-refractivity contribution in [1.82, 2.24) is 33.6 Å². The van der Waals surface area contributed by atoms with Crippen LogP contribution in [0, 0.1) is 6.57 Å². The van der Waals surface area contributed by atoms with Gasteiger partial charge in [0.25, 0.3) is 11.5 Å². The quantitative estimate of drug-likeness (QED) is 0.0473. The Morgan fingerprint density at radius 2 is 1.43 bits per heavy atom. The van der Waals surface area contributed by atoms with Crippen LogP contribution in [0.1, 0.15) is 97.1 Å². The smallest absolute Gasteiger partial charge is 0.328 e. The molecule has 9 rings (SSSR count). The highest BCUT2D eigenvalue weighted by molar-refractivity contribution is 8.07. The number of carbonyl (C=O) groups excluding carboxylic acids is 1. The van der Waals surface area contributed by atoms with Gasteiger partial charge in [-0.25, -0.2) is 26.5 Å². The molecule has 0 spiro atoms. The van der Waals surface area contributed by atoms with Gasteiger partial charge in [0, 0.05) is 24.8 Å². The summed E-state index contributed by atoms with van der Waals surface area (Å²) in [6, 6.07) is 9.10. The number of rotatable bonds is 14. The van der Waals surface area contributed by atoms with Crippen LogP contribution in [0.5, 0.6) is 0 Å². The molecule has 4 aliphatic heterocycles. The largest absolute Gasteiger partial charge is 0.415 e. The summed E-state index contributed by atoms with van der Waals surface area (Å²) in [4.78, 5) is 65.1. The van der Waals surface area contributed by atoms with Crippen LogP contribution in [0.25, 0.3) is 27.0 Å². The van der Waals surface area contributed by atoms with E-state index < -0.39 is 87.5 Å². The van der Waals surface area contributed by atoms with Crippen molar-refractivity contribution in [3.8, 4) is 0 Å². The zero-order valence-corrected chi connectivity index (χ0v) is 56.7. The first kappa shape index (κ1) is 64.1. The summed E-state index contributed by atoms with van der Waals surface area (Å²) >= 11 is 12.4. The van der Waals surface area contributed by atoms with Gasteiger partial charge in [-0.05, 0) is 109 Å². The van der Waals surface area contributed by atoms with Gasteiger partial charge in [0.15, 0.2) is 48.6 Å². The Labute approximate surface area is 499 Å². The molecule has 2 unspecified atom stereocenters. The topological polar surface area (TPSA) is 221 Å². The lowest BCUT2D eigenvalue weighted by molar-refractivity contribution is -0.0618. The van der Waals surface area contributed by atoms with Crippen molar-refractivity contribution < 1.29 is 55.1 Å². The monoisotopic (exact) mass is 1270 g/mol. The molecular weight excluding hydrogens is 1190 g/mol. The van der Waals surface area contributed by atoms with E-state index in [2.05, 4.69) is 111 Å². The maximum atomic E-state index is 14.2. The zero-order chi connectivity index (χ0) is 60.5. The third kappa shape index (κ3) is 13.3. The van der Waals surface area contributed by atoms with Crippen LogP contribution in [-0.2, 0) is 81.9 Å². The number of aryl methyl sites for hydroxylation is 1. The fourth-order valence-electron chi connectivity index (χ4n) is 9.74. The van der Waals surface area contributed by atoms with Gasteiger partial charge in [-0.15, -0.1) is 0 Å². The lowest BCUT2D eigenvalue weighted by Gasteiger charge is -2.41. The Morgan fingerprint density at radius 1 is 0.783 bits per heavy atom. The van der Waals surface area contributed by atoms with E-state index in [9.17, 15) is 14.5 Å². The first-order valence-electron chi connectivity index (χ1n) is 28.2. The molecule has 1 amide bonds. The summed E-state index contributed by atoms with van der Waals surface area (Å²) in [5.74, 6) is 0.281. The standard InChI is InChI=1S/C54H81N9O13P2S2Si3/c1-52(2,3)81(11,12)70-28-26-60-33-59-47-40(49(60)65)58-34-63(47)50-43-42(75-82(13,14)53(4,5)6)38(72-50)30-68-77(66,79)73-41-37(31-69-78(80,74-43)67-27-24-55-10)71-51(44(41)76-83(15,16)54(7,8)9)62-29-36-23-20-25-61(45-39(36)46(62)57-32-56-45)48(64)35-21-18-17-19-22-35/h17-19,21-22,29,32-34,37-38,41-44,50-51H,20,23-28,30-31H2,1-9,11-16H3,(H,66,79)/t37-,38-,41-,42-,43-,44-,50-,51-,77?,78?/m1/s1. The molecule has 0 radical (unpaired) electrons. The van der Waals surface area contributed by atoms with Crippen LogP contribution < -0.4 is 10.5 Å². The number of hydrogen-bond donors (Lipinski definition) is 1. The third-order valence-electron chi connectivity index (χ3n) is 17.5. The molecule has 1 N–H and O–H groups in total. The second-order valence-electron chi connectivity index (χ2n) is 26.2. The minimum atomic E-state index is -4.32. The number of imidazole rings is 1. The number of carbonyl (C=O) groups is 1. The molecule has 1 aromatic carbocycles. The Kier molecular flexibility index (Phi) is 18.5. The highest BCUT2D eigenvalue weighted by Crippen LogP contribution is 2.58. The molecule has 3 saturated heterocycles. The average molecular weight is 1270 g/mol. The van der Waals surface area contributed by atoms with E-state index in [0.29, 0.717) is 48.4 Å². The molecule has 454 valence electrons. The van der Waals surface area contributed by atoms with E-state index in [-0.39, 0.29) is 70.7 Å². The van der Waals surface area contributed by atoms with Gasteiger partial charge in [0.1, 0.15) is 67.4 Å². The van der Waals surface area contributed by atoms with Gasteiger partial charge in [-0.1, -0.05) is 80.5 Å². The van der Waals surface area contributed by atoms with Crippen LogP contribution in [0.2, 0.25) is 54.4 Å². The SMILES string of the molecule is [C-]#[N+]CCOP1(=S)OC[C@H]2O[C@@H](n3cc4c5c(ncnc53)N(C(=O)c3ccccc3)CCC4)[C@H](O[Si](C)(C)C(C)(C)C)[C@@H]2OP(O)(=S)OC[C@H]2O[C@@H](n3cnc4c(=O)n(CCO[Si](C)(C)C(C)(C)C)cnc43)[C@H](O1)[C@@H]2O[Si](C)(C)C(C)(C)C. The summed E-state index contributed by atoms with van der Waals surface area (Å²) in [6.07, 6.45) is -0.990. The molecule has 29 heteroatoms. The molecule has 0 aliphatic carbocycles. The summed E-state index contributed by atoms with van der Waals surface area (Å²) in [5, 5.41) is 0.0129. The molecule has 22 nitrogen and oxygen atoms in total. The Morgan fingerprint density at radius 3 is 2.10 bits per heavy atom. The molecule has 4 aliphatic rings. The van der Waals surface area contributed by atoms with Crippen molar-refractivity contribution in [2.24, 2.45) is 0 Å². The van der Waals surface area contributed by atoms with Gasteiger partial charge >= 0.3 is 13.4 Å². The number of ether oxygens (including phenoxy) is 2. The van der Waals surface area contributed by atoms with Crippen molar-refractivity contribution in [2.45, 2.75) is 185 Å². The lowest BCUT2D eigenvalue weighted by atomic mass is 10.1. The Bertz CT molecular complexity index is 3400. The number of amides is 1. The van der Waals surface area contributed by atoms with Gasteiger partial charge in [0.05, 0.1) is 31.5 Å². The predicted octanol–water partition coefficient (Wildman–Crippen LogP) is 10.4. The molecule has 83 heavy (non-hydrogen) atoms. The average Bonchev–Trinajstić information content (AvgIpc) is 1.80. The fourth-order valence-corrected chi connectivity index (χ4v) is 16.9. The van der Waals surface area contributed by atoms with Crippen LogP contribution in [0.3, 0.4) is 0 Å². The van der Waals surface area contributed by atoms with Crippen LogP contribution in [0.4, 0.5) is 5.82 Å². The molecule has 4 aromatic heterocycles. The summed E-state index contributed by atoms with van der Waals surface area (Å²) in [6.45, 7) is 31.3. The second-order valence-corrected chi connectivity index (χ2v) is 46.3. The summed E-state index contributed by atoms with van der Waals surface area (Å²) in [7, 11) is -7.66. The van der Waals surface area contributed by atoms with E-state index >= 15 is 0 Å². The highest BCUT2D eigenvalue weighted by Gasteiger charge is 2.58. The number of nitrogens with zero attached hydrogens (tertiary/aromatic N) is 9. The van der Waals surface area contributed by atoms with Crippen molar-refractivity contribution in [1.29, 1.82) is 0 Å². The molecule has 0 saturated carbocycles. The summed E-state index contributed by atoms with van der Waals surface area (Å²) < 4.78 is 73.6. The first-order chi connectivity index (χ1) is 38.7. The molecule has 10 atom stereocenters. The van der Waals surface area contributed by atoms with Gasteiger partial charge in [0.2, 0.25) is 6.54 Å². The number of fused-ring (bicyclic) bond motifs is 4. The van der Waals surface area contributed by atoms with Crippen molar-refractivity contribution in [2.75, 3.05) is 44.4 Å². The minimum absolute atomic E-state index is 0.0211. The minimum Gasteiger partial charge on any atom is -0.415 e.